The second kappa shape index (κ2) is 9.87. The molecule has 3 heterocycles. The van der Waals surface area contributed by atoms with Crippen molar-refractivity contribution in [1.82, 2.24) is 20.3 Å². The number of unbranched alkanes of at least 4 members (excludes halogenated alkanes) is 2. The van der Waals surface area contributed by atoms with Crippen molar-refractivity contribution in [3.8, 4) is 22.5 Å². The highest BCUT2D eigenvalue weighted by Gasteiger charge is 2.46. The fourth-order valence-corrected chi connectivity index (χ4v) is 5.36. The van der Waals surface area contributed by atoms with Gasteiger partial charge in [0.1, 0.15) is 0 Å². The zero-order valence-electron chi connectivity index (χ0n) is 19.7. The molecule has 8 nitrogen and oxygen atoms in total. The smallest absolute Gasteiger partial charge is 0.291 e. The first-order chi connectivity index (χ1) is 17.1. The summed E-state index contributed by atoms with van der Waals surface area (Å²) in [6.45, 7) is 3.69. The summed E-state index contributed by atoms with van der Waals surface area (Å²) in [6.07, 6.45) is 4.32. The summed E-state index contributed by atoms with van der Waals surface area (Å²) in [7, 11) is 0. The first-order valence-corrected chi connectivity index (χ1v) is 12.8. The molecule has 1 aliphatic rings. The van der Waals surface area contributed by atoms with Crippen LogP contribution in [0.15, 0.2) is 70.7 Å². The quantitative estimate of drug-likeness (QED) is 0.230. The van der Waals surface area contributed by atoms with Crippen molar-refractivity contribution < 1.29 is 9.48 Å². The van der Waals surface area contributed by atoms with E-state index in [-0.39, 0.29) is 11.5 Å². The van der Waals surface area contributed by atoms with Gasteiger partial charge < -0.3 is 0 Å². The summed E-state index contributed by atoms with van der Waals surface area (Å²) < 4.78 is 1.68. The molecule has 0 unspecified atom stereocenters. The van der Waals surface area contributed by atoms with Crippen LogP contribution in [0.4, 0.5) is 5.69 Å². The first-order valence-electron chi connectivity index (χ1n) is 11.8. The molecule has 0 spiro atoms. The van der Waals surface area contributed by atoms with Crippen LogP contribution in [-0.4, -0.2) is 31.9 Å². The van der Waals surface area contributed by atoms with E-state index in [0.717, 1.165) is 41.8 Å². The van der Waals surface area contributed by atoms with Gasteiger partial charge in [0, 0.05) is 23.3 Å². The largest absolute Gasteiger partial charge is 0.325 e. The van der Waals surface area contributed by atoms with Crippen LogP contribution in [0.3, 0.4) is 0 Å². The Labute approximate surface area is 207 Å². The number of rotatable bonds is 7. The van der Waals surface area contributed by atoms with Gasteiger partial charge in [0.15, 0.2) is 0 Å². The fraction of sp³-hybridized carbons (Fsp3) is 0.269. The number of carbonyl (C=O) groups excluding carboxylic acids is 1. The topological polar surface area (TPSA) is 98.6 Å². The third-order valence-electron chi connectivity index (χ3n) is 6.09. The Balaban J connectivity index is 1.72. The van der Waals surface area contributed by atoms with E-state index < -0.39 is 6.17 Å². The molecule has 2 aromatic carbocycles. The molecule has 5 rings (SSSR count). The minimum Gasteiger partial charge on any atom is -0.291 e. The van der Waals surface area contributed by atoms with Gasteiger partial charge in [0.25, 0.3) is 6.17 Å². The van der Waals surface area contributed by atoms with Gasteiger partial charge in [-0.3, -0.25) is 19.7 Å². The van der Waals surface area contributed by atoms with Crippen molar-refractivity contribution in [2.75, 3.05) is 10.7 Å². The number of fused-ring (bicyclic) bond motifs is 3. The van der Waals surface area contributed by atoms with Crippen LogP contribution in [0.25, 0.3) is 22.5 Å². The van der Waals surface area contributed by atoms with E-state index in [4.69, 9.17) is 5.10 Å². The SMILES string of the molecule is CCCCCSc1n[n+]2c(c(=O)[nH]1)-c1ccccc1N(C(C)=O)[C@H]2c1cn[nH]c1-c1ccccc1. The van der Waals surface area contributed by atoms with Crippen molar-refractivity contribution in [3.63, 3.8) is 0 Å². The normalized spacial score (nSPS) is 14.5. The minimum absolute atomic E-state index is 0.153. The molecule has 0 saturated heterocycles. The Hall–Kier alpha value is -3.72. The lowest BCUT2D eigenvalue weighted by molar-refractivity contribution is -0.763. The lowest BCUT2D eigenvalue weighted by Crippen LogP contribution is -2.60. The van der Waals surface area contributed by atoms with Gasteiger partial charge in [0.2, 0.25) is 11.1 Å². The second-order valence-electron chi connectivity index (χ2n) is 8.45. The zero-order valence-corrected chi connectivity index (χ0v) is 20.5. The standard InChI is InChI=1S/C26H26N6O2S/c1-3-4-10-15-35-26-28-24(34)23-19-13-8-9-14-21(19)31(17(2)33)25(32(23)30-26)20-16-27-29-22(20)18-11-6-5-7-12-18/h5-9,11-14,16,25H,3-4,10,15H2,1-2H3,(H-,27,28,29,30,34)/p+1/t25-/m1/s1. The van der Waals surface area contributed by atoms with E-state index >= 15 is 0 Å². The number of H-pyrrole nitrogens is 2. The van der Waals surface area contributed by atoms with E-state index in [9.17, 15) is 9.59 Å². The van der Waals surface area contributed by atoms with Crippen LogP contribution in [0.2, 0.25) is 0 Å². The number of carbonyl (C=O) groups is 1. The summed E-state index contributed by atoms with van der Waals surface area (Å²) >= 11 is 1.52. The van der Waals surface area contributed by atoms with E-state index in [1.54, 1.807) is 15.8 Å². The molecule has 9 heteroatoms. The molecule has 35 heavy (non-hydrogen) atoms. The monoisotopic (exact) mass is 487 g/mol. The van der Waals surface area contributed by atoms with Crippen molar-refractivity contribution in [1.29, 1.82) is 0 Å². The van der Waals surface area contributed by atoms with Gasteiger partial charge in [-0.1, -0.05) is 74.0 Å². The molecule has 1 atom stereocenters. The highest BCUT2D eigenvalue weighted by atomic mass is 32.2. The number of nitrogens with one attached hydrogen (secondary N) is 2. The Kier molecular flexibility index (Phi) is 6.50. The molecule has 0 aliphatic carbocycles. The number of hydrogen-bond donors (Lipinski definition) is 2. The number of hydrogen-bond acceptors (Lipinski definition) is 5. The summed E-state index contributed by atoms with van der Waals surface area (Å²) in [4.78, 5) is 31.2. The van der Waals surface area contributed by atoms with Gasteiger partial charge in [-0.05, 0) is 23.2 Å². The van der Waals surface area contributed by atoms with Gasteiger partial charge in [0.05, 0.1) is 28.7 Å². The Bertz CT molecular complexity index is 1410. The number of nitrogens with zero attached hydrogens (tertiary/aromatic N) is 4. The van der Waals surface area contributed by atoms with Crippen LogP contribution in [0.1, 0.15) is 44.8 Å². The highest BCUT2D eigenvalue weighted by molar-refractivity contribution is 7.99. The van der Waals surface area contributed by atoms with Gasteiger partial charge in [-0.2, -0.15) is 5.10 Å². The van der Waals surface area contributed by atoms with Gasteiger partial charge >= 0.3 is 11.3 Å². The van der Waals surface area contributed by atoms with E-state index in [2.05, 4.69) is 22.1 Å². The van der Waals surface area contributed by atoms with Crippen LogP contribution in [-0.2, 0) is 4.79 Å². The molecule has 2 aromatic heterocycles. The summed E-state index contributed by atoms with van der Waals surface area (Å²) in [5.41, 5.74) is 3.99. The number of thioether (sulfide) groups is 1. The molecule has 178 valence electrons. The first kappa shape index (κ1) is 23.0. The average Bonchev–Trinajstić information content (AvgIpc) is 3.35. The van der Waals surface area contributed by atoms with Crippen LogP contribution in [0, 0.1) is 0 Å². The predicted molar refractivity (Wildman–Crippen MR) is 136 cm³/mol. The highest BCUT2D eigenvalue weighted by Crippen LogP contribution is 2.39. The Morgan fingerprint density at radius 3 is 2.66 bits per heavy atom. The molecule has 0 saturated carbocycles. The molecule has 2 N–H and O–H groups in total. The Morgan fingerprint density at radius 1 is 1.11 bits per heavy atom. The molecule has 4 aromatic rings. The van der Waals surface area contributed by atoms with Gasteiger partial charge in [-0.15, -0.1) is 0 Å². The third kappa shape index (κ3) is 4.27. The third-order valence-corrected chi connectivity index (χ3v) is 7.04. The average molecular weight is 488 g/mol. The second-order valence-corrected chi connectivity index (χ2v) is 9.54. The summed E-state index contributed by atoms with van der Waals surface area (Å²) in [6, 6.07) is 17.3. The van der Waals surface area contributed by atoms with Crippen LogP contribution < -0.4 is 15.1 Å². The lowest BCUT2D eigenvalue weighted by Gasteiger charge is -2.31. The Morgan fingerprint density at radius 2 is 1.89 bits per heavy atom. The molecule has 0 fully saturated rings. The van der Waals surface area contributed by atoms with Crippen LogP contribution in [0.5, 0.6) is 0 Å². The number of aromatic amines is 2. The summed E-state index contributed by atoms with van der Waals surface area (Å²) in [5.74, 6) is 0.703. The molecule has 0 radical (unpaired) electrons. The van der Waals surface area contributed by atoms with Crippen molar-refractivity contribution in [3.05, 3.63) is 76.7 Å². The maximum absolute atomic E-state index is 13.4. The number of aromatic nitrogens is 5. The van der Waals surface area contributed by atoms with E-state index in [1.807, 2.05) is 54.6 Å². The molecule has 1 aliphatic heterocycles. The van der Waals surface area contributed by atoms with Crippen molar-refractivity contribution in [2.45, 2.75) is 44.4 Å². The number of anilines is 1. The lowest BCUT2D eigenvalue weighted by atomic mass is 10.00. The molecule has 1 amide bonds. The predicted octanol–water partition coefficient (Wildman–Crippen LogP) is 4.31. The number of benzene rings is 2. The van der Waals surface area contributed by atoms with Crippen LogP contribution >= 0.6 is 11.8 Å². The summed E-state index contributed by atoms with van der Waals surface area (Å²) in [5, 5.41) is 12.8. The molecule has 0 bridgehead atoms. The maximum atomic E-state index is 13.4. The van der Waals surface area contributed by atoms with Gasteiger partial charge in [-0.25, -0.2) is 4.90 Å². The van der Waals surface area contributed by atoms with E-state index in [1.165, 1.54) is 18.7 Å². The van der Waals surface area contributed by atoms with Crippen molar-refractivity contribution >= 4 is 23.4 Å². The minimum atomic E-state index is -0.677. The number of amides is 1. The van der Waals surface area contributed by atoms with Crippen molar-refractivity contribution in [2.24, 2.45) is 0 Å². The number of para-hydroxylation sites is 1. The zero-order chi connectivity index (χ0) is 24.4. The maximum Gasteiger partial charge on any atom is 0.325 e. The van der Waals surface area contributed by atoms with E-state index in [0.29, 0.717) is 22.1 Å². The fourth-order valence-electron chi connectivity index (χ4n) is 4.51. The molecular formula is C26H27N6O2S+. The molecular weight excluding hydrogens is 460 g/mol.